The first-order valence-electron chi connectivity index (χ1n) is 9.27. The zero-order valence-corrected chi connectivity index (χ0v) is 17.7. The third kappa shape index (κ3) is 6.03. The number of nitrogens with zero attached hydrogens (tertiary/aromatic N) is 1. The lowest BCUT2D eigenvalue weighted by Crippen LogP contribution is -2.45. The van der Waals surface area contributed by atoms with E-state index < -0.39 is 0 Å². The molecule has 7 heteroatoms. The van der Waals surface area contributed by atoms with Crippen molar-refractivity contribution in [1.82, 2.24) is 10.6 Å². The maximum atomic E-state index is 11.4. The molecule has 0 spiro atoms. The van der Waals surface area contributed by atoms with Crippen molar-refractivity contribution in [1.29, 1.82) is 0 Å². The fourth-order valence-electron chi connectivity index (χ4n) is 3.42. The Labute approximate surface area is 172 Å². The van der Waals surface area contributed by atoms with Crippen LogP contribution in [-0.2, 0) is 11.2 Å². The molecule has 1 fully saturated rings. The Bertz CT molecular complexity index is 630. The summed E-state index contributed by atoms with van der Waals surface area (Å²) in [6.45, 7) is 1.26. The van der Waals surface area contributed by atoms with Crippen molar-refractivity contribution in [2.75, 3.05) is 25.5 Å². The minimum atomic E-state index is 0. The predicted octanol–water partition coefficient (Wildman–Crippen LogP) is 3.07. The second-order valence-corrected chi connectivity index (χ2v) is 6.69. The van der Waals surface area contributed by atoms with Crippen molar-refractivity contribution >= 4 is 41.5 Å². The molecule has 0 saturated heterocycles. The largest absolute Gasteiger partial charge is 0.492 e. The molecule has 1 aromatic rings. The van der Waals surface area contributed by atoms with Gasteiger partial charge in [-0.15, -0.1) is 24.0 Å². The molecule has 3 rings (SSSR count). The number of carbonyl (C=O) groups excluding carboxylic acids is 1. The van der Waals surface area contributed by atoms with Crippen LogP contribution < -0.4 is 20.7 Å². The first-order chi connectivity index (χ1) is 12.2. The molecule has 1 aliphatic heterocycles. The first-order valence-corrected chi connectivity index (χ1v) is 9.27. The highest BCUT2D eigenvalue weighted by Gasteiger charge is 2.15. The highest BCUT2D eigenvalue weighted by atomic mass is 127. The van der Waals surface area contributed by atoms with E-state index in [2.05, 4.69) is 20.9 Å². The lowest BCUT2D eigenvalue weighted by Gasteiger charge is -2.24. The Morgan fingerprint density at radius 1 is 1.27 bits per heavy atom. The Morgan fingerprint density at radius 2 is 2.08 bits per heavy atom. The minimum absolute atomic E-state index is 0. The number of aryl methyl sites for hydroxylation is 1. The number of halogens is 1. The van der Waals surface area contributed by atoms with Crippen molar-refractivity contribution in [2.45, 2.75) is 51.0 Å². The molecule has 26 heavy (non-hydrogen) atoms. The van der Waals surface area contributed by atoms with Gasteiger partial charge in [-0.1, -0.05) is 19.3 Å². The van der Waals surface area contributed by atoms with Gasteiger partial charge in [-0.25, -0.2) is 0 Å². The number of hydrogen-bond acceptors (Lipinski definition) is 3. The van der Waals surface area contributed by atoms with Crippen LogP contribution in [0.25, 0.3) is 0 Å². The minimum Gasteiger partial charge on any atom is -0.492 e. The molecular weight excluding hydrogens is 443 g/mol. The Balaban J connectivity index is 0.00000243. The number of aliphatic imine (C=N–C) groups is 1. The first kappa shape index (κ1) is 20.8. The van der Waals surface area contributed by atoms with Gasteiger partial charge in [0.25, 0.3) is 0 Å². The van der Waals surface area contributed by atoms with Crippen LogP contribution >= 0.6 is 24.0 Å². The van der Waals surface area contributed by atoms with Gasteiger partial charge in [0.05, 0.1) is 6.54 Å². The number of rotatable bonds is 5. The van der Waals surface area contributed by atoms with Gasteiger partial charge in [0.1, 0.15) is 12.4 Å². The lowest BCUT2D eigenvalue weighted by molar-refractivity contribution is -0.116. The van der Waals surface area contributed by atoms with Crippen LogP contribution in [0.4, 0.5) is 5.69 Å². The number of benzene rings is 1. The van der Waals surface area contributed by atoms with Gasteiger partial charge >= 0.3 is 0 Å². The number of amides is 1. The van der Waals surface area contributed by atoms with Crippen LogP contribution in [0.15, 0.2) is 23.2 Å². The van der Waals surface area contributed by atoms with E-state index in [1.54, 1.807) is 7.05 Å². The number of guanidine groups is 1. The number of fused-ring (bicyclic) bond motifs is 1. The molecular formula is C19H29IN4O2. The molecule has 0 aromatic heterocycles. The van der Waals surface area contributed by atoms with Crippen molar-refractivity contribution in [3.05, 3.63) is 23.8 Å². The van der Waals surface area contributed by atoms with E-state index in [-0.39, 0.29) is 29.9 Å². The summed E-state index contributed by atoms with van der Waals surface area (Å²) in [5, 5.41) is 9.69. The number of anilines is 1. The van der Waals surface area contributed by atoms with Gasteiger partial charge in [-0.2, -0.15) is 0 Å². The fraction of sp³-hybridized carbons (Fsp3) is 0.579. The van der Waals surface area contributed by atoms with E-state index in [4.69, 9.17) is 4.74 Å². The van der Waals surface area contributed by atoms with Crippen molar-refractivity contribution in [3.8, 4) is 5.75 Å². The number of ether oxygens (including phenoxy) is 1. The monoisotopic (exact) mass is 472 g/mol. The van der Waals surface area contributed by atoms with Crippen LogP contribution in [0.5, 0.6) is 5.75 Å². The topological polar surface area (TPSA) is 74.8 Å². The summed E-state index contributed by atoms with van der Waals surface area (Å²) in [7, 11) is 1.80. The lowest BCUT2D eigenvalue weighted by atomic mass is 9.96. The van der Waals surface area contributed by atoms with Gasteiger partial charge in [-0.3, -0.25) is 9.79 Å². The molecule has 1 amide bonds. The molecule has 1 saturated carbocycles. The molecule has 2 aliphatic rings. The average Bonchev–Trinajstić information content (AvgIpc) is 2.65. The van der Waals surface area contributed by atoms with Crippen molar-refractivity contribution < 1.29 is 9.53 Å². The van der Waals surface area contributed by atoms with Crippen LogP contribution in [0, 0.1) is 0 Å². The average molecular weight is 472 g/mol. The normalized spacial score (nSPS) is 17.6. The zero-order valence-electron chi connectivity index (χ0n) is 15.3. The maximum Gasteiger partial charge on any atom is 0.224 e. The smallest absolute Gasteiger partial charge is 0.224 e. The second kappa shape index (κ2) is 10.6. The maximum absolute atomic E-state index is 11.4. The highest BCUT2D eigenvalue weighted by molar-refractivity contribution is 14.0. The number of nitrogens with one attached hydrogen (secondary N) is 3. The molecule has 3 N–H and O–H groups in total. The Kier molecular flexibility index (Phi) is 8.47. The van der Waals surface area contributed by atoms with Crippen molar-refractivity contribution in [2.24, 2.45) is 4.99 Å². The van der Waals surface area contributed by atoms with Crippen LogP contribution in [0.3, 0.4) is 0 Å². The quantitative estimate of drug-likeness (QED) is 0.267. The molecule has 0 unspecified atom stereocenters. The summed E-state index contributed by atoms with van der Waals surface area (Å²) in [5.74, 6) is 1.78. The molecule has 0 bridgehead atoms. The Morgan fingerprint density at radius 3 is 2.85 bits per heavy atom. The third-order valence-electron chi connectivity index (χ3n) is 4.81. The van der Waals surface area contributed by atoms with Crippen LogP contribution in [0.2, 0.25) is 0 Å². The van der Waals surface area contributed by atoms with Gasteiger partial charge in [0.15, 0.2) is 5.96 Å². The standard InChI is InChI=1S/C19H28N4O2.HI/c1-20-19(22-15-5-3-2-4-6-15)21-11-12-25-16-8-9-17-14(13-16)7-10-18(24)23-17;/h8-9,13,15H,2-7,10-12H2,1H3,(H,23,24)(H2,20,21,22);1H. The number of carbonyl (C=O) groups is 1. The molecule has 1 aliphatic carbocycles. The van der Waals surface area contributed by atoms with E-state index in [0.29, 0.717) is 25.6 Å². The molecule has 0 radical (unpaired) electrons. The predicted molar refractivity (Wildman–Crippen MR) is 116 cm³/mol. The molecule has 6 nitrogen and oxygen atoms in total. The van der Waals surface area contributed by atoms with E-state index in [1.165, 1.54) is 32.1 Å². The fourth-order valence-corrected chi connectivity index (χ4v) is 3.42. The Hall–Kier alpha value is -1.51. The summed E-state index contributed by atoms with van der Waals surface area (Å²) in [5.41, 5.74) is 2.04. The third-order valence-corrected chi connectivity index (χ3v) is 4.81. The van der Waals surface area contributed by atoms with Gasteiger partial charge in [0, 0.05) is 25.2 Å². The second-order valence-electron chi connectivity index (χ2n) is 6.69. The summed E-state index contributed by atoms with van der Waals surface area (Å²) >= 11 is 0. The van der Waals surface area contributed by atoms with Gasteiger partial charge in [0.2, 0.25) is 5.91 Å². The molecule has 1 heterocycles. The summed E-state index contributed by atoms with van der Waals surface area (Å²) in [4.78, 5) is 15.7. The van der Waals surface area contributed by atoms with E-state index in [9.17, 15) is 4.79 Å². The zero-order chi connectivity index (χ0) is 17.5. The van der Waals surface area contributed by atoms with Crippen LogP contribution in [-0.4, -0.2) is 38.1 Å². The van der Waals surface area contributed by atoms with E-state index >= 15 is 0 Å². The highest BCUT2D eigenvalue weighted by Crippen LogP contribution is 2.26. The summed E-state index contributed by atoms with van der Waals surface area (Å²) in [6, 6.07) is 6.37. The molecule has 1 aromatic carbocycles. The molecule has 144 valence electrons. The van der Waals surface area contributed by atoms with E-state index in [0.717, 1.165) is 29.4 Å². The van der Waals surface area contributed by atoms with Crippen LogP contribution in [0.1, 0.15) is 44.1 Å². The van der Waals surface area contributed by atoms with E-state index in [1.807, 2.05) is 18.2 Å². The van der Waals surface area contributed by atoms with Gasteiger partial charge in [-0.05, 0) is 43.0 Å². The SMILES string of the molecule is CN=C(NCCOc1ccc2c(c1)CCC(=O)N2)NC1CCCCC1.I. The molecule has 0 atom stereocenters. The summed E-state index contributed by atoms with van der Waals surface area (Å²) in [6.07, 6.45) is 7.72. The van der Waals surface area contributed by atoms with Gasteiger partial charge < -0.3 is 20.7 Å². The summed E-state index contributed by atoms with van der Waals surface area (Å²) < 4.78 is 5.83. The van der Waals surface area contributed by atoms with Crippen molar-refractivity contribution in [3.63, 3.8) is 0 Å². The number of hydrogen-bond donors (Lipinski definition) is 3.